The lowest BCUT2D eigenvalue weighted by atomic mass is 10.1. The number of hydrogen-bond acceptors (Lipinski definition) is 5. The Morgan fingerprint density at radius 3 is 2.27 bits per heavy atom. The van der Waals surface area contributed by atoms with Gasteiger partial charge in [-0.25, -0.2) is 8.42 Å². The lowest BCUT2D eigenvalue weighted by Gasteiger charge is -2.31. The van der Waals surface area contributed by atoms with Crippen molar-refractivity contribution >= 4 is 27.7 Å². The number of benzene rings is 2. The summed E-state index contributed by atoms with van der Waals surface area (Å²) in [5.41, 5.74) is -0.224. The third kappa shape index (κ3) is 6.12. The van der Waals surface area contributed by atoms with Crippen LogP contribution >= 0.6 is 0 Å². The average molecular weight is 484 g/mol. The number of rotatable bonds is 6. The van der Waals surface area contributed by atoms with E-state index in [4.69, 9.17) is 4.74 Å². The van der Waals surface area contributed by atoms with Crippen molar-refractivity contribution in [2.24, 2.45) is 0 Å². The first-order valence-corrected chi connectivity index (χ1v) is 11.5. The predicted octanol–water partition coefficient (Wildman–Crippen LogP) is 3.30. The van der Waals surface area contributed by atoms with Crippen LogP contribution < -0.4 is 10.1 Å². The molecule has 2 aromatic carbocycles. The number of sulfonamides is 1. The lowest BCUT2D eigenvalue weighted by molar-refractivity contribution is -0.137. The van der Waals surface area contributed by atoms with Gasteiger partial charge in [-0.1, -0.05) is 12.1 Å². The number of hydrogen-bond donors (Lipinski definition) is 1. The monoisotopic (exact) mass is 483 g/mol. The van der Waals surface area contributed by atoms with Crippen molar-refractivity contribution in [3.8, 4) is 5.75 Å². The van der Waals surface area contributed by atoms with Gasteiger partial charge >= 0.3 is 6.18 Å². The summed E-state index contributed by atoms with van der Waals surface area (Å²) >= 11 is 0. The highest BCUT2D eigenvalue weighted by Crippen LogP contribution is 2.30. The first-order valence-electron chi connectivity index (χ1n) is 10.0. The van der Waals surface area contributed by atoms with E-state index in [0.29, 0.717) is 31.7 Å². The molecule has 0 unspecified atom stereocenters. The van der Waals surface area contributed by atoms with Gasteiger partial charge in [0.1, 0.15) is 5.75 Å². The molecule has 0 aliphatic carbocycles. The molecule has 1 aliphatic heterocycles. The zero-order valence-corrected chi connectivity index (χ0v) is 18.9. The second kappa shape index (κ2) is 9.94. The minimum Gasteiger partial charge on any atom is -0.495 e. The van der Waals surface area contributed by atoms with E-state index in [2.05, 4.69) is 5.32 Å². The number of anilines is 1. The smallest absolute Gasteiger partial charge is 0.416 e. The van der Waals surface area contributed by atoms with Crippen molar-refractivity contribution in [1.29, 1.82) is 0 Å². The Labute approximate surface area is 190 Å². The molecule has 178 valence electrons. The topological polar surface area (TPSA) is 79.0 Å². The van der Waals surface area contributed by atoms with Crippen molar-refractivity contribution in [2.75, 3.05) is 45.7 Å². The highest BCUT2D eigenvalue weighted by molar-refractivity contribution is 7.89. The number of nitrogens with one attached hydrogen (secondary N) is 1. The van der Waals surface area contributed by atoms with Crippen LogP contribution in [0.15, 0.2) is 53.4 Å². The summed E-state index contributed by atoms with van der Waals surface area (Å²) in [7, 11) is -0.444. The molecule has 1 N–H and O–H groups in total. The Bertz CT molecular complexity index is 1120. The molecule has 0 saturated carbocycles. The van der Waals surface area contributed by atoms with Gasteiger partial charge in [0.2, 0.25) is 15.9 Å². The van der Waals surface area contributed by atoms with Gasteiger partial charge in [-0.2, -0.15) is 17.5 Å². The fraction of sp³-hybridized carbons (Fsp3) is 0.318. The Hall–Kier alpha value is -2.89. The van der Waals surface area contributed by atoms with Gasteiger partial charge < -0.3 is 15.0 Å². The molecule has 2 aromatic rings. The summed E-state index contributed by atoms with van der Waals surface area (Å²) in [6.07, 6.45) is -1.94. The summed E-state index contributed by atoms with van der Waals surface area (Å²) in [5, 5.41) is 2.57. The van der Waals surface area contributed by atoms with Crippen LogP contribution in [0.3, 0.4) is 0 Å². The maximum Gasteiger partial charge on any atom is 0.416 e. The molecule has 1 heterocycles. The molecule has 11 heteroatoms. The molecule has 0 radical (unpaired) electrons. The standard InChI is InChI=1S/C22H24F3N3O4S/c1-27-11-13-28(14-12-27)33(30,31)18-8-9-20(32-2)19(15-18)26-21(29)10-5-16-3-6-17(7-4-16)22(23,24)25/h3-10,15H,11-14H2,1-2H3,(H,26,29)/b10-5+. The number of ether oxygens (including phenoxy) is 1. The summed E-state index contributed by atoms with van der Waals surface area (Å²) in [5.74, 6) is -0.328. The summed E-state index contributed by atoms with van der Waals surface area (Å²) in [6, 6.07) is 8.54. The minimum absolute atomic E-state index is 0.0230. The van der Waals surface area contributed by atoms with E-state index in [1.165, 1.54) is 47.8 Å². The van der Waals surface area contributed by atoms with Crippen LogP contribution in [0.2, 0.25) is 0 Å². The van der Waals surface area contributed by atoms with Crippen LogP contribution in [0.25, 0.3) is 6.08 Å². The molecule has 1 amide bonds. The first-order chi connectivity index (χ1) is 15.5. The number of halogens is 3. The van der Waals surface area contributed by atoms with Crippen molar-refractivity contribution < 1.29 is 31.1 Å². The maximum atomic E-state index is 13.0. The second-order valence-electron chi connectivity index (χ2n) is 7.51. The molecule has 0 aromatic heterocycles. The van der Waals surface area contributed by atoms with E-state index in [1.807, 2.05) is 11.9 Å². The molecule has 0 spiro atoms. The normalized spacial score (nSPS) is 16.2. The van der Waals surface area contributed by atoms with Gasteiger partial charge in [0.15, 0.2) is 0 Å². The number of carbonyl (C=O) groups excluding carboxylic acids is 1. The van der Waals surface area contributed by atoms with Gasteiger partial charge in [0, 0.05) is 32.3 Å². The molecule has 1 fully saturated rings. The minimum atomic E-state index is -4.44. The van der Waals surface area contributed by atoms with Crippen LogP contribution in [0.5, 0.6) is 5.75 Å². The van der Waals surface area contributed by atoms with E-state index < -0.39 is 27.7 Å². The predicted molar refractivity (Wildman–Crippen MR) is 118 cm³/mol. The number of nitrogens with zero attached hydrogens (tertiary/aromatic N) is 2. The summed E-state index contributed by atoms with van der Waals surface area (Å²) in [6.45, 7) is 1.96. The number of likely N-dealkylation sites (N-methyl/N-ethyl adjacent to an activating group) is 1. The van der Waals surface area contributed by atoms with E-state index in [0.717, 1.165) is 18.2 Å². The Morgan fingerprint density at radius 1 is 1.06 bits per heavy atom. The molecule has 7 nitrogen and oxygen atoms in total. The number of amides is 1. The van der Waals surface area contributed by atoms with Crippen molar-refractivity contribution in [3.05, 3.63) is 59.7 Å². The third-order valence-electron chi connectivity index (χ3n) is 5.19. The van der Waals surface area contributed by atoms with E-state index in [1.54, 1.807) is 0 Å². The Balaban J connectivity index is 1.75. The van der Waals surface area contributed by atoms with Crippen LogP contribution in [0.1, 0.15) is 11.1 Å². The van der Waals surface area contributed by atoms with Crippen LogP contribution in [0.4, 0.5) is 18.9 Å². The highest BCUT2D eigenvalue weighted by atomic mass is 32.2. The fourth-order valence-electron chi connectivity index (χ4n) is 3.25. The second-order valence-corrected chi connectivity index (χ2v) is 9.45. The van der Waals surface area contributed by atoms with Gasteiger partial charge in [-0.3, -0.25) is 4.79 Å². The molecular weight excluding hydrogens is 459 g/mol. The van der Waals surface area contributed by atoms with Crippen LogP contribution in [-0.2, 0) is 21.0 Å². The first kappa shape index (κ1) is 24.7. The highest BCUT2D eigenvalue weighted by Gasteiger charge is 2.30. The van der Waals surface area contributed by atoms with Crippen molar-refractivity contribution in [3.63, 3.8) is 0 Å². The quantitative estimate of drug-likeness (QED) is 0.638. The van der Waals surface area contributed by atoms with E-state index >= 15 is 0 Å². The molecule has 0 bridgehead atoms. The van der Waals surface area contributed by atoms with Crippen LogP contribution in [0, 0.1) is 0 Å². The lowest BCUT2D eigenvalue weighted by Crippen LogP contribution is -2.47. The zero-order valence-electron chi connectivity index (χ0n) is 18.1. The summed E-state index contributed by atoms with van der Waals surface area (Å²) < 4.78 is 70.6. The van der Waals surface area contributed by atoms with Crippen molar-refractivity contribution in [1.82, 2.24) is 9.21 Å². The third-order valence-corrected chi connectivity index (χ3v) is 7.09. The van der Waals surface area contributed by atoms with Gasteiger partial charge in [-0.15, -0.1) is 0 Å². The maximum absolute atomic E-state index is 13.0. The number of methoxy groups -OCH3 is 1. The fourth-order valence-corrected chi connectivity index (χ4v) is 4.70. The van der Waals surface area contributed by atoms with E-state index in [9.17, 15) is 26.4 Å². The SMILES string of the molecule is COc1ccc(S(=O)(=O)N2CCN(C)CC2)cc1NC(=O)/C=C/c1ccc(C(F)(F)F)cc1. The molecule has 0 atom stereocenters. The Kier molecular flexibility index (Phi) is 7.45. The van der Waals surface area contributed by atoms with Crippen LogP contribution in [-0.4, -0.2) is 63.9 Å². The average Bonchev–Trinajstić information content (AvgIpc) is 2.77. The van der Waals surface area contributed by atoms with Gasteiger partial charge in [-0.05, 0) is 49.0 Å². The summed E-state index contributed by atoms with van der Waals surface area (Å²) in [4.78, 5) is 14.4. The van der Waals surface area contributed by atoms with E-state index in [-0.39, 0.29) is 16.3 Å². The Morgan fingerprint density at radius 2 is 1.70 bits per heavy atom. The number of alkyl halides is 3. The molecule has 3 rings (SSSR count). The van der Waals surface area contributed by atoms with Gasteiger partial charge in [0.05, 0.1) is 23.3 Å². The molecular formula is C22H24F3N3O4S. The van der Waals surface area contributed by atoms with Crippen molar-refractivity contribution in [2.45, 2.75) is 11.1 Å². The largest absolute Gasteiger partial charge is 0.495 e. The molecule has 1 aliphatic rings. The van der Waals surface area contributed by atoms with Gasteiger partial charge in [0.25, 0.3) is 0 Å². The number of piperazine rings is 1. The number of carbonyl (C=O) groups is 1. The zero-order chi connectivity index (χ0) is 24.2. The molecule has 33 heavy (non-hydrogen) atoms. The molecule has 1 saturated heterocycles.